The fourth-order valence-electron chi connectivity index (χ4n) is 3.07. The Bertz CT molecular complexity index is 602. The number of carbonyl (C=O) groups is 1. The van der Waals surface area contributed by atoms with Crippen molar-refractivity contribution in [3.63, 3.8) is 0 Å². The van der Waals surface area contributed by atoms with Gasteiger partial charge in [0.15, 0.2) is 5.96 Å². The minimum atomic E-state index is -0.0152. The molecule has 0 radical (unpaired) electrons. The van der Waals surface area contributed by atoms with Gasteiger partial charge in [-0.2, -0.15) is 5.10 Å². The monoisotopic (exact) mass is 492 g/mol. The number of nitrogens with zero attached hydrogens (tertiary/aromatic N) is 5. The third-order valence-corrected chi connectivity index (χ3v) is 4.50. The van der Waals surface area contributed by atoms with Crippen molar-refractivity contribution in [2.75, 3.05) is 45.9 Å². The van der Waals surface area contributed by atoms with Crippen LogP contribution in [-0.2, 0) is 16.6 Å². The Balaban J connectivity index is 0.00000364. The van der Waals surface area contributed by atoms with Gasteiger partial charge >= 0.3 is 0 Å². The number of ether oxygens (including phenoxy) is 1. The van der Waals surface area contributed by atoms with Crippen LogP contribution in [0.1, 0.15) is 38.9 Å². The van der Waals surface area contributed by atoms with Crippen LogP contribution in [0.15, 0.2) is 17.4 Å². The molecule has 1 saturated heterocycles. The van der Waals surface area contributed by atoms with Crippen molar-refractivity contribution in [2.45, 2.75) is 33.3 Å². The second-order valence-electron chi connectivity index (χ2n) is 6.30. The van der Waals surface area contributed by atoms with E-state index in [0.717, 1.165) is 44.2 Å². The van der Waals surface area contributed by atoms with Gasteiger partial charge in [-0.05, 0) is 20.8 Å². The summed E-state index contributed by atoms with van der Waals surface area (Å²) in [7, 11) is 1.91. The molecule has 2 heterocycles. The van der Waals surface area contributed by atoms with Crippen LogP contribution >= 0.6 is 24.0 Å². The Kier molecular flexibility index (Phi) is 10.7. The van der Waals surface area contributed by atoms with Gasteiger partial charge in [-0.3, -0.25) is 14.5 Å². The molecule has 2 rings (SSSR count). The quantitative estimate of drug-likeness (QED) is 0.356. The van der Waals surface area contributed by atoms with Crippen LogP contribution in [0.2, 0.25) is 0 Å². The van der Waals surface area contributed by atoms with E-state index in [1.54, 1.807) is 4.68 Å². The molecule has 154 valence electrons. The average Bonchev–Trinajstić information content (AvgIpc) is 3.08. The van der Waals surface area contributed by atoms with E-state index in [-0.39, 0.29) is 36.0 Å². The lowest BCUT2D eigenvalue weighted by atomic mass is 10.1. The molecule has 0 bridgehead atoms. The molecule has 1 atom stereocenters. The lowest BCUT2D eigenvalue weighted by molar-refractivity contribution is -0.130. The second kappa shape index (κ2) is 12.2. The van der Waals surface area contributed by atoms with Gasteiger partial charge in [0.1, 0.15) is 6.10 Å². The summed E-state index contributed by atoms with van der Waals surface area (Å²) in [5.41, 5.74) is 1.07. The smallest absolute Gasteiger partial charge is 0.224 e. The predicted molar refractivity (Wildman–Crippen MR) is 117 cm³/mol. The minimum Gasteiger partial charge on any atom is -0.370 e. The fraction of sp³-hybridized carbons (Fsp3) is 0.722. The molecule has 0 saturated carbocycles. The van der Waals surface area contributed by atoms with Crippen LogP contribution in [0.25, 0.3) is 0 Å². The molecular formula is C18H33IN6O2. The summed E-state index contributed by atoms with van der Waals surface area (Å²) in [5, 5.41) is 7.56. The number of aliphatic imine (C=N–C) groups is 1. The number of amides is 1. The van der Waals surface area contributed by atoms with E-state index in [4.69, 9.17) is 4.74 Å². The molecule has 1 N–H and O–H groups in total. The van der Waals surface area contributed by atoms with E-state index in [2.05, 4.69) is 27.2 Å². The SMILES string of the molecule is CCNC(=NCCC(=O)N(CC)CC)N1CCOC(c2cnn(C)c2)C1.I. The summed E-state index contributed by atoms with van der Waals surface area (Å²) >= 11 is 0. The van der Waals surface area contributed by atoms with E-state index >= 15 is 0 Å². The molecule has 8 nitrogen and oxygen atoms in total. The summed E-state index contributed by atoms with van der Waals surface area (Å²) in [6.07, 6.45) is 4.26. The number of halogens is 1. The third-order valence-electron chi connectivity index (χ3n) is 4.50. The average molecular weight is 492 g/mol. The lowest BCUT2D eigenvalue weighted by Gasteiger charge is -2.34. The Morgan fingerprint density at radius 1 is 1.41 bits per heavy atom. The molecule has 1 aromatic rings. The molecule has 1 aliphatic rings. The third kappa shape index (κ3) is 6.95. The molecule has 1 fully saturated rings. The number of rotatable bonds is 7. The van der Waals surface area contributed by atoms with Crippen LogP contribution in [-0.4, -0.2) is 77.3 Å². The van der Waals surface area contributed by atoms with Crippen molar-refractivity contribution in [1.29, 1.82) is 0 Å². The number of morpholine rings is 1. The Morgan fingerprint density at radius 2 is 2.15 bits per heavy atom. The number of aromatic nitrogens is 2. The summed E-state index contributed by atoms with van der Waals surface area (Å²) in [4.78, 5) is 20.9. The highest BCUT2D eigenvalue weighted by Gasteiger charge is 2.25. The fourth-order valence-corrected chi connectivity index (χ4v) is 3.07. The number of guanidine groups is 1. The zero-order chi connectivity index (χ0) is 18.9. The van der Waals surface area contributed by atoms with E-state index in [1.807, 2.05) is 38.2 Å². The topological polar surface area (TPSA) is 75.0 Å². The largest absolute Gasteiger partial charge is 0.370 e. The van der Waals surface area contributed by atoms with Crippen molar-refractivity contribution in [2.24, 2.45) is 12.0 Å². The van der Waals surface area contributed by atoms with E-state index < -0.39 is 0 Å². The number of hydrogen-bond acceptors (Lipinski definition) is 4. The number of aryl methyl sites for hydroxylation is 1. The maximum atomic E-state index is 12.2. The Hall–Kier alpha value is -1.36. The maximum absolute atomic E-state index is 12.2. The first-order valence-corrected chi connectivity index (χ1v) is 9.50. The highest BCUT2D eigenvalue weighted by molar-refractivity contribution is 14.0. The van der Waals surface area contributed by atoms with Gasteiger partial charge < -0.3 is 19.9 Å². The number of hydrogen-bond donors (Lipinski definition) is 1. The Labute approximate surface area is 179 Å². The van der Waals surface area contributed by atoms with Crippen molar-refractivity contribution < 1.29 is 9.53 Å². The van der Waals surface area contributed by atoms with Crippen LogP contribution in [0, 0.1) is 0 Å². The van der Waals surface area contributed by atoms with Gasteiger partial charge in [0.25, 0.3) is 0 Å². The molecule has 1 aromatic heterocycles. The van der Waals surface area contributed by atoms with Gasteiger partial charge in [0.05, 0.1) is 25.9 Å². The molecule has 0 spiro atoms. The number of nitrogens with one attached hydrogen (secondary N) is 1. The number of carbonyl (C=O) groups excluding carboxylic acids is 1. The van der Waals surface area contributed by atoms with E-state index in [9.17, 15) is 4.79 Å². The molecule has 27 heavy (non-hydrogen) atoms. The summed E-state index contributed by atoms with van der Waals surface area (Å²) in [6.45, 7) is 11.0. The molecule has 1 aliphatic heterocycles. The van der Waals surface area contributed by atoms with Gasteiger partial charge in [-0.25, -0.2) is 0 Å². The van der Waals surface area contributed by atoms with Crippen molar-refractivity contribution in [1.82, 2.24) is 24.9 Å². The van der Waals surface area contributed by atoms with Crippen LogP contribution in [0.5, 0.6) is 0 Å². The Morgan fingerprint density at radius 3 is 2.74 bits per heavy atom. The molecular weight excluding hydrogens is 459 g/mol. The zero-order valence-corrected chi connectivity index (χ0v) is 19.2. The van der Waals surface area contributed by atoms with Gasteiger partial charge in [-0.1, -0.05) is 0 Å². The standard InChI is InChI=1S/C18H32N6O2.HI/c1-5-19-18(20-9-8-17(25)23(6-2)7-3)24-10-11-26-16(14-24)15-12-21-22(4)13-15;/h12-13,16H,5-11,14H2,1-4H3,(H,19,20);1H. The van der Waals surface area contributed by atoms with Crippen molar-refractivity contribution in [3.05, 3.63) is 18.0 Å². The lowest BCUT2D eigenvalue weighted by Crippen LogP contribution is -2.48. The molecule has 9 heteroatoms. The first-order valence-electron chi connectivity index (χ1n) is 9.50. The highest BCUT2D eigenvalue weighted by atomic mass is 127. The van der Waals surface area contributed by atoms with E-state index in [1.165, 1.54) is 0 Å². The summed E-state index contributed by atoms with van der Waals surface area (Å²) in [6, 6.07) is 0. The van der Waals surface area contributed by atoms with Crippen LogP contribution in [0.4, 0.5) is 0 Å². The van der Waals surface area contributed by atoms with Crippen molar-refractivity contribution in [3.8, 4) is 0 Å². The summed E-state index contributed by atoms with van der Waals surface area (Å²) in [5.74, 6) is 1.00. The first-order chi connectivity index (χ1) is 12.6. The molecule has 0 aromatic carbocycles. The second-order valence-corrected chi connectivity index (χ2v) is 6.30. The molecule has 1 unspecified atom stereocenters. The predicted octanol–water partition coefficient (Wildman–Crippen LogP) is 1.64. The van der Waals surface area contributed by atoms with Crippen LogP contribution in [0.3, 0.4) is 0 Å². The summed E-state index contributed by atoms with van der Waals surface area (Å²) < 4.78 is 7.69. The maximum Gasteiger partial charge on any atom is 0.224 e. The first kappa shape index (κ1) is 23.7. The molecule has 1 amide bonds. The van der Waals surface area contributed by atoms with Crippen LogP contribution < -0.4 is 5.32 Å². The normalized spacial score (nSPS) is 17.4. The van der Waals surface area contributed by atoms with E-state index in [0.29, 0.717) is 19.6 Å². The molecule has 0 aliphatic carbocycles. The van der Waals surface area contributed by atoms with Gasteiger partial charge in [-0.15, -0.1) is 24.0 Å². The zero-order valence-electron chi connectivity index (χ0n) is 16.8. The van der Waals surface area contributed by atoms with Gasteiger partial charge in [0.2, 0.25) is 5.91 Å². The highest BCUT2D eigenvalue weighted by Crippen LogP contribution is 2.21. The van der Waals surface area contributed by atoms with Gasteiger partial charge in [0, 0.05) is 51.4 Å². The van der Waals surface area contributed by atoms with Crippen molar-refractivity contribution >= 4 is 35.8 Å². The minimum absolute atomic E-state index is 0.